The lowest BCUT2D eigenvalue weighted by atomic mass is 9.87. The molecule has 1 saturated carbocycles. The molecule has 1 N–H and O–H groups in total. The molecule has 7 nitrogen and oxygen atoms in total. The fraction of sp³-hybridized carbons (Fsp3) is 0.667. The molecule has 2 aromatic heterocycles. The number of hydrogen-bond acceptors (Lipinski definition) is 5. The molecule has 120 valence electrons. The van der Waals surface area contributed by atoms with Gasteiger partial charge in [-0.1, -0.05) is 0 Å². The first-order valence-electron chi connectivity index (χ1n) is 7.57. The minimum Gasteiger partial charge on any atom is -0.372 e. The first-order chi connectivity index (χ1) is 10.2. The zero-order valence-electron chi connectivity index (χ0n) is 13.8. The highest BCUT2D eigenvalue weighted by Crippen LogP contribution is 2.32. The summed E-state index contributed by atoms with van der Waals surface area (Å²) in [6, 6.07) is 0.334. The van der Waals surface area contributed by atoms with Gasteiger partial charge in [0.15, 0.2) is 5.65 Å². The molecular formula is C15H23N5O2. The summed E-state index contributed by atoms with van der Waals surface area (Å²) in [4.78, 5) is 21.5. The maximum Gasteiger partial charge on any atom is 0.263 e. The second-order valence-corrected chi connectivity index (χ2v) is 6.98. The third-order valence-corrected chi connectivity index (χ3v) is 4.06. The third kappa shape index (κ3) is 2.72. The van der Waals surface area contributed by atoms with Crippen LogP contribution in [0, 0.1) is 0 Å². The van der Waals surface area contributed by atoms with E-state index in [2.05, 4.69) is 35.8 Å². The fourth-order valence-electron chi connectivity index (χ4n) is 2.81. The number of aromatic nitrogens is 4. The smallest absolute Gasteiger partial charge is 0.263 e. The van der Waals surface area contributed by atoms with E-state index in [4.69, 9.17) is 4.74 Å². The molecule has 0 aromatic carbocycles. The summed E-state index contributed by atoms with van der Waals surface area (Å²) in [5.41, 5.74) is 0.336. The van der Waals surface area contributed by atoms with Crippen molar-refractivity contribution in [2.75, 3.05) is 11.9 Å². The van der Waals surface area contributed by atoms with Crippen molar-refractivity contribution in [1.29, 1.82) is 0 Å². The van der Waals surface area contributed by atoms with Gasteiger partial charge in [0.25, 0.3) is 5.56 Å². The molecule has 2 aromatic rings. The number of nitrogens with one attached hydrogen (secondary N) is 1. The van der Waals surface area contributed by atoms with E-state index in [-0.39, 0.29) is 17.3 Å². The van der Waals surface area contributed by atoms with E-state index in [1.165, 1.54) is 0 Å². The molecule has 2 heterocycles. The third-order valence-electron chi connectivity index (χ3n) is 4.06. The molecular weight excluding hydrogens is 282 g/mol. The summed E-state index contributed by atoms with van der Waals surface area (Å²) >= 11 is 0. The van der Waals surface area contributed by atoms with Crippen LogP contribution < -0.4 is 10.5 Å². The normalized spacial score (nSPS) is 21.9. The monoisotopic (exact) mass is 305 g/mol. The first kappa shape index (κ1) is 15.0. The van der Waals surface area contributed by atoms with Gasteiger partial charge < -0.3 is 9.64 Å². The van der Waals surface area contributed by atoms with Crippen molar-refractivity contribution in [3.63, 3.8) is 0 Å². The number of ether oxygens (including phenoxy) is 1. The molecule has 0 radical (unpaired) electrons. The predicted molar refractivity (Wildman–Crippen MR) is 85.2 cm³/mol. The number of aryl methyl sites for hydroxylation is 1. The van der Waals surface area contributed by atoms with Crippen LogP contribution in [0.25, 0.3) is 11.0 Å². The predicted octanol–water partition coefficient (Wildman–Crippen LogP) is 1.44. The summed E-state index contributed by atoms with van der Waals surface area (Å²) in [7, 11) is 3.74. The highest BCUT2D eigenvalue weighted by Gasteiger charge is 2.36. The number of H-pyrrole nitrogens is 1. The molecule has 3 rings (SSSR count). The van der Waals surface area contributed by atoms with Crippen molar-refractivity contribution in [3.05, 3.63) is 16.6 Å². The van der Waals surface area contributed by atoms with Gasteiger partial charge in [-0.25, -0.2) is 0 Å². The molecule has 7 heteroatoms. The van der Waals surface area contributed by atoms with Crippen molar-refractivity contribution in [2.45, 2.75) is 51.4 Å². The van der Waals surface area contributed by atoms with Gasteiger partial charge in [0.1, 0.15) is 5.39 Å². The Balaban J connectivity index is 1.75. The van der Waals surface area contributed by atoms with Crippen molar-refractivity contribution in [1.82, 2.24) is 19.7 Å². The zero-order valence-corrected chi connectivity index (χ0v) is 13.8. The SMILES string of the molecule is CN(c1nc2c(cnn2C)c(=O)[nH]1)C1CC(OC(C)(C)C)C1. The van der Waals surface area contributed by atoms with Gasteiger partial charge in [0.2, 0.25) is 5.95 Å². The van der Waals surface area contributed by atoms with Crippen LogP contribution in [0.1, 0.15) is 33.6 Å². The van der Waals surface area contributed by atoms with E-state index < -0.39 is 0 Å². The summed E-state index contributed by atoms with van der Waals surface area (Å²) in [5, 5.41) is 4.60. The molecule has 0 bridgehead atoms. The number of hydrogen-bond donors (Lipinski definition) is 1. The summed E-state index contributed by atoms with van der Waals surface area (Å²) in [6.45, 7) is 6.21. The number of aromatic amines is 1. The Labute approximate surface area is 129 Å². The average Bonchev–Trinajstić information content (AvgIpc) is 2.74. The molecule has 0 aliphatic heterocycles. The van der Waals surface area contributed by atoms with Crippen molar-refractivity contribution in [2.24, 2.45) is 7.05 Å². The molecule has 1 aliphatic carbocycles. The zero-order chi connectivity index (χ0) is 16.1. The molecule has 0 spiro atoms. The van der Waals surface area contributed by atoms with Crippen LogP contribution in [-0.2, 0) is 11.8 Å². The van der Waals surface area contributed by atoms with Crippen LogP contribution in [0.2, 0.25) is 0 Å². The Morgan fingerprint density at radius 3 is 2.73 bits per heavy atom. The number of anilines is 1. The molecule has 0 saturated heterocycles. The second-order valence-electron chi connectivity index (χ2n) is 6.98. The topological polar surface area (TPSA) is 76.0 Å². The van der Waals surface area contributed by atoms with Crippen LogP contribution in [0.3, 0.4) is 0 Å². The number of fused-ring (bicyclic) bond motifs is 1. The van der Waals surface area contributed by atoms with E-state index in [1.54, 1.807) is 17.9 Å². The second kappa shape index (κ2) is 5.08. The Morgan fingerprint density at radius 2 is 2.09 bits per heavy atom. The van der Waals surface area contributed by atoms with Crippen LogP contribution in [0.5, 0.6) is 0 Å². The van der Waals surface area contributed by atoms with Gasteiger partial charge in [-0.05, 0) is 33.6 Å². The van der Waals surface area contributed by atoms with Crippen molar-refractivity contribution in [3.8, 4) is 0 Å². The van der Waals surface area contributed by atoms with Crippen molar-refractivity contribution < 1.29 is 4.74 Å². The lowest BCUT2D eigenvalue weighted by molar-refractivity contribution is -0.0982. The Hall–Kier alpha value is -1.89. The highest BCUT2D eigenvalue weighted by atomic mass is 16.5. The van der Waals surface area contributed by atoms with Crippen LogP contribution >= 0.6 is 0 Å². The standard InChI is InChI=1S/C15H23N5O2/c1-15(2,3)22-10-6-9(7-10)19(4)14-17-12-11(13(21)18-14)8-16-20(12)5/h8-10H,6-7H2,1-5H3,(H,17,18,21). The van der Waals surface area contributed by atoms with Crippen molar-refractivity contribution >= 4 is 17.0 Å². The Kier molecular flexibility index (Phi) is 3.47. The van der Waals surface area contributed by atoms with Gasteiger partial charge in [-0.2, -0.15) is 10.1 Å². The first-order valence-corrected chi connectivity index (χ1v) is 7.57. The average molecular weight is 305 g/mol. The lowest BCUT2D eigenvalue weighted by Gasteiger charge is -2.43. The molecule has 0 unspecified atom stereocenters. The van der Waals surface area contributed by atoms with Crippen LogP contribution in [0.4, 0.5) is 5.95 Å². The van der Waals surface area contributed by atoms with Gasteiger partial charge in [-0.3, -0.25) is 14.5 Å². The van der Waals surface area contributed by atoms with E-state index >= 15 is 0 Å². The van der Waals surface area contributed by atoms with Gasteiger partial charge in [-0.15, -0.1) is 0 Å². The summed E-state index contributed by atoms with van der Waals surface area (Å²) < 4.78 is 7.58. The maximum atomic E-state index is 12.1. The molecule has 0 amide bonds. The summed E-state index contributed by atoms with van der Waals surface area (Å²) in [6.07, 6.45) is 3.71. The van der Waals surface area contributed by atoms with Gasteiger partial charge in [0, 0.05) is 20.1 Å². The molecule has 1 aliphatic rings. The highest BCUT2D eigenvalue weighted by molar-refractivity contribution is 5.74. The van der Waals surface area contributed by atoms with Gasteiger partial charge in [0.05, 0.1) is 17.9 Å². The van der Waals surface area contributed by atoms with Crippen LogP contribution in [0.15, 0.2) is 11.0 Å². The Bertz CT molecular complexity index is 736. The van der Waals surface area contributed by atoms with E-state index in [1.807, 2.05) is 11.9 Å². The maximum absolute atomic E-state index is 12.1. The van der Waals surface area contributed by atoms with E-state index in [0.29, 0.717) is 23.0 Å². The molecule has 1 fully saturated rings. The summed E-state index contributed by atoms with van der Waals surface area (Å²) in [5.74, 6) is 0.584. The van der Waals surface area contributed by atoms with Gasteiger partial charge >= 0.3 is 0 Å². The molecule has 22 heavy (non-hydrogen) atoms. The quantitative estimate of drug-likeness (QED) is 0.928. The fourth-order valence-corrected chi connectivity index (χ4v) is 2.81. The minimum atomic E-state index is -0.151. The lowest BCUT2D eigenvalue weighted by Crippen LogP contribution is -2.49. The number of nitrogens with zero attached hydrogens (tertiary/aromatic N) is 4. The van der Waals surface area contributed by atoms with E-state index in [9.17, 15) is 4.79 Å². The Morgan fingerprint density at radius 1 is 1.41 bits per heavy atom. The van der Waals surface area contributed by atoms with Crippen LogP contribution in [-0.4, -0.2) is 44.5 Å². The minimum absolute atomic E-state index is 0.117. The van der Waals surface area contributed by atoms with E-state index in [0.717, 1.165) is 12.8 Å². The largest absolute Gasteiger partial charge is 0.372 e. The molecule has 0 atom stereocenters. The number of rotatable bonds is 3.